The van der Waals surface area contributed by atoms with Gasteiger partial charge < -0.3 is 20.4 Å². The van der Waals surface area contributed by atoms with E-state index in [0.29, 0.717) is 23.7 Å². The fourth-order valence-corrected chi connectivity index (χ4v) is 4.26. The number of methoxy groups -OCH3 is 1. The van der Waals surface area contributed by atoms with Crippen molar-refractivity contribution < 1.29 is 9.53 Å². The number of amides is 1. The molecule has 8 heteroatoms. The topological polar surface area (TPSA) is 105 Å². The lowest BCUT2D eigenvalue weighted by atomic mass is 9.74. The van der Waals surface area contributed by atoms with Crippen molar-refractivity contribution in [2.45, 2.75) is 18.3 Å². The molecule has 0 saturated carbocycles. The fraction of sp³-hybridized carbons (Fsp3) is 0.333. The second kappa shape index (κ2) is 6.97. The van der Waals surface area contributed by atoms with Gasteiger partial charge in [-0.1, -0.05) is 0 Å². The van der Waals surface area contributed by atoms with Crippen LogP contribution in [-0.2, 0) is 5.41 Å². The predicted molar refractivity (Wildman–Crippen MR) is 108 cm³/mol. The zero-order valence-electron chi connectivity index (χ0n) is 16.2. The summed E-state index contributed by atoms with van der Waals surface area (Å²) in [6.45, 7) is 2.52. The lowest BCUT2D eigenvalue weighted by Gasteiger charge is -2.40. The largest absolute Gasteiger partial charge is 0.495 e. The van der Waals surface area contributed by atoms with Gasteiger partial charge in [-0.05, 0) is 37.6 Å². The molecule has 29 heavy (non-hydrogen) atoms. The van der Waals surface area contributed by atoms with Crippen LogP contribution >= 0.6 is 0 Å². The molecule has 1 spiro atoms. The highest BCUT2D eigenvalue weighted by Gasteiger charge is 2.42. The lowest BCUT2D eigenvalue weighted by molar-refractivity contribution is 0.0915. The van der Waals surface area contributed by atoms with Crippen LogP contribution in [0.3, 0.4) is 0 Å². The second-order valence-electron chi connectivity index (χ2n) is 7.59. The molecule has 3 aromatic rings. The minimum absolute atomic E-state index is 0.0371. The first-order chi connectivity index (χ1) is 14.2. The van der Waals surface area contributed by atoms with Gasteiger partial charge in [0.2, 0.25) is 0 Å². The number of hydrogen-bond acceptors (Lipinski definition) is 6. The standard InChI is InChI=1S/C21H22N6O2/c1-29-14-7-13(9-23-10-14)19-24-6-3-16(27-19)17-8-15-18(26-17)21(12-25-20(15)28)4-2-5-22-11-21/h3,6-10,22,26H,2,4-5,11-12H2,1H3,(H,25,28)/t21-/m1/s1. The van der Waals surface area contributed by atoms with E-state index in [4.69, 9.17) is 9.72 Å². The Balaban J connectivity index is 1.56. The molecule has 0 radical (unpaired) electrons. The molecule has 5 heterocycles. The second-order valence-corrected chi connectivity index (χ2v) is 7.59. The molecule has 1 atom stereocenters. The van der Waals surface area contributed by atoms with Crippen LogP contribution in [0.2, 0.25) is 0 Å². The third-order valence-electron chi connectivity index (χ3n) is 5.79. The Hall–Kier alpha value is -3.26. The van der Waals surface area contributed by atoms with Crippen molar-refractivity contribution in [2.75, 3.05) is 26.7 Å². The number of carbonyl (C=O) groups is 1. The van der Waals surface area contributed by atoms with Gasteiger partial charge in [-0.15, -0.1) is 0 Å². The number of aromatic nitrogens is 4. The summed E-state index contributed by atoms with van der Waals surface area (Å²) in [4.78, 5) is 29.3. The van der Waals surface area contributed by atoms with E-state index in [1.165, 1.54) is 0 Å². The third kappa shape index (κ3) is 3.05. The Morgan fingerprint density at radius 1 is 1.21 bits per heavy atom. The van der Waals surface area contributed by atoms with Crippen molar-refractivity contribution in [2.24, 2.45) is 0 Å². The third-order valence-corrected chi connectivity index (χ3v) is 5.79. The molecule has 1 saturated heterocycles. The Kier molecular flexibility index (Phi) is 4.28. The average Bonchev–Trinajstić information content (AvgIpc) is 3.25. The SMILES string of the molecule is COc1cncc(-c2nccc(-c3cc4c([nH]3)[C@@]3(CCCNC3)CNC4=O)n2)c1. The highest BCUT2D eigenvalue weighted by Crippen LogP contribution is 2.37. The van der Waals surface area contributed by atoms with Gasteiger partial charge in [0.05, 0.1) is 30.3 Å². The van der Waals surface area contributed by atoms with Crippen LogP contribution in [0.5, 0.6) is 5.75 Å². The summed E-state index contributed by atoms with van der Waals surface area (Å²) in [6, 6.07) is 5.59. The Morgan fingerprint density at radius 2 is 2.14 bits per heavy atom. The van der Waals surface area contributed by atoms with E-state index >= 15 is 0 Å². The summed E-state index contributed by atoms with van der Waals surface area (Å²) in [5, 5.41) is 6.54. The van der Waals surface area contributed by atoms with Gasteiger partial charge in [-0.2, -0.15) is 0 Å². The van der Waals surface area contributed by atoms with Gasteiger partial charge in [0.15, 0.2) is 5.82 Å². The number of rotatable bonds is 3. The molecular weight excluding hydrogens is 368 g/mol. The maximum Gasteiger partial charge on any atom is 0.253 e. The maximum absolute atomic E-state index is 12.5. The number of piperidine rings is 1. The van der Waals surface area contributed by atoms with Crippen molar-refractivity contribution in [3.05, 3.63) is 48.0 Å². The zero-order valence-corrected chi connectivity index (χ0v) is 16.2. The molecule has 2 aliphatic heterocycles. The lowest BCUT2D eigenvalue weighted by Crippen LogP contribution is -2.54. The van der Waals surface area contributed by atoms with Crippen molar-refractivity contribution >= 4 is 5.91 Å². The molecule has 1 amide bonds. The Morgan fingerprint density at radius 3 is 2.97 bits per heavy atom. The van der Waals surface area contributed by atoms with Crippen LogP contribution in [0, 0.1) is 0 Å². The molecule has 148 valence electrons. The first-order valence-corrected chi connectivity index (χ1v) is 9.74. The summed E-state index contributed by atoms with van der Waals surface area (Å²) >= 11 is 0. The van der Waals surface area contributed by atoms with Gasteiger partial charge in [0.25, 0.3) is 5.91 Å². The molecular formula is C21H22N6O2. The number of fused-ring (bicyclic) bond motifs is 2. The first-order valence-electron chi connectivity index (χ1n) is 9.74. The number of H-pyrrole nitrogens is 1. The van der Waals surface area contributed by atoms with Gasteiger partial charge in [0, 0.05) is 42.2 Å². The first kappa shape index (κ1) is 17.8. The summed E-state index contributed by atoms with van der Waals surface area (Å²) in [5.41, 5.74) is 3.94. The summed E-state index contributed by atoms with van der Waals surface area (Å²) in [6.07, 6.45) is 7.19. The fourth-order valence-electron chi connectivity index (χ4n) is 4.26. The van der Waals surface area contributed by atoms with E-state index in [9.17, 15) is 4.79 Å². The monoisotopic (exact) mass is 390 g/mol. The van der Waals surface area contributed by atoms with E-state index in [2.05, 4.69) is 25.6 Å². The molecule has 0 aromatic carbocycles. The number of carbonyl (C=O) groups excluding carboxylic acids is 1. The molecule has 2 aliphatic rings. The molecule has 1 fully saturated rings. The number of nitrogens with one attached hydrogen (secondary N) is 3. The number of pyridine rings is 1. The molecule has 3 aromatic heterocycles. The normalized spacial score (nSPS) is 20.9. The van der Waals surface area contributed by atoms with E-state index in [-0.39, 0.29) is 11.3 Å². The number of aromatic amines is 1. The number of ether oxygens (including phenoxy) is 1. The molecule has 0 bridgehead atoms. The highest BCUT2D eigenvalue weighted by molar-refractivity contribution is 5.98. The predicted octanol–water partition coefficient (Wildman–Crippen LogP) is 1.91. The average molecular weight is 390 g/mol. The minimum Gasteiger partial charge on any atom is -0.495 e. The van der Waals surface area contributed by atoms with Crippen molar-refractivity contribution in [1.29, 1.82) is 0 Å². The van der Waals surface area contributed by atoms with Crippen LogP contribution in [-0.4, -0.2) is 52.6 Å². The summed E-state index contributed by atoms with van der Waals surface area (Å²) in [5.74, 6) is 1.17. The smallest absolute Gasteiger partial charge is 0.253 e. The van der Waals surface area contributed by atoms with E-state index in [1.54, 1.807) is 25.7 Å². The van der Waals surface area contributed by atoms with Crippen molar-refractivity contribution in [1.82, 2.24) is 30.6 Å². The maximum atomic E-state index is 12.5. The van der Waals surface area contributed by atoms with Crippen LogP contribution < -0.4 is 15.4 Å². The molecule has 0 unspecified atom stereocenters. The highest BCUT2D eigenvalue weighted by atomic mass is 16.5. The quantitative estimate of drug-likeness (QED) is 0.631. The molecule has 3 N–H and O–H groups in total. The van der Waals surface area contributed by atoms with Crippen LogP contribution in [0.1, 0.15) is 28.9 Å². The zero-order chi connectivity index (χ0) is 19.8. The minimum atomic E-state index is -0.0910. The molecule has 5 rings (SSSR count). The van der Waals surface area contributed by atoms with Crippen LogP contribution in [0.25, 0.3) is 22.8 Å². The van der Waals surface area contributed by atoms with Crippen LogP contribution in [0.15, 0.2) is 36.8 Å². The number of nitrogens with zero attached hydrogens (tertiary/aromatic N) is 3. The van der Waals surface area contributed by atoms with Gasteiger partial charge in [-0.25, -0.2) is 9.97 Å². The number of hydrogen-bond donors (Lipinski definition) is 3. The van der Waals surface area contributed by atoms with Crippen molar-refractivity contribution in [3.8, 4) is 28.5 Å². The van der Waals surface area contributed by atoms with Gasteiger partial charge >= 0.3 is 0 Å². The van der Waals surface area contributed by atoms with Crippen molar-refractivity contribution in [3.63, 3.8) is 0 Å². The summed E-state index contributed by atoms with van der Waals surface area (Å²) in [7, 11) is 1.60. The molecule has 0 aliphatic carbocycles. The Bertz CT molecular complexity index is 1070. The van der Waals surface area contributed by atoms with E-state index in [0.717, 1.165) is 48.6 Å². The summed E-state index contributed by atoms with van der Waals surface area (Å²) < 4.78 is 5.25. The molecule has 8 nitrogen and oxygen atoms in total. The van der Waals surface area contributed by atoms with Crippen LogP contribution in [0.4, 0.5) is 0 Å². The van der Waals surface area contributed by atoms with E-state index < -0.39 is 0 Å². The van der Waals surface area contributed by atoms with E-state index in [1.807, 2.05) is 18.2 Å². The van der Waals surface area contributed by atoms with Gasteiger partial charge in [0.1, 0.15) is 5.75 Å². The Labute approximate surface area is 168 Å². The van der Waals surface area contributed by atoms with Gasteiger partial charge in [-0.3, -0.25) is 9.78 Å².